The second kappa shape index (κ2) is 7.67. The van der Waals surface area contributed by atoms with E-state index in [0.29, 0.717) is 16.8 Å². The third-order valence-corrected chi connectivity index (χ3v) is 5.34. The van der Waals surface area contributed by atoms with Gasteiger partial charge in [-0.1, -0.05) is 6.07 Å². The third kappa shape index (κ3) is 4.47. The summed E-state index contributed by atoms with van der Waals surface area (Å²) in [5, 5.41) is 2.70. The predicted octanol–water partition coefficient (Wildman–Crippen LogP) is 2.03. The van der Waals surface area contributed by atoms with Gasteiger partial charge in [0.15, 0.2) is 0 Å². The van der Waals surface area contributed by atoms with Crippen molar-refractivity contribution in [1.82, 2.24) is 4.72 Å². The van der Waals surface area contributed by atoms with E-state index in [1.54, 1.807) is 39.0 Å². The number of nitrogens with two attached hydrogens (primary N) is 1. The molecule has 7 nitrogen and oxygen atoms in total. The standard InChI is InChI=1S/C18H21N3O4S/c1-11(2)21-26(24,25)14-9-7-13(8-10-14)18(23)20-16-6-4-5-15(12(16)3)17(19)22/h4-11,21H,1-3H3,(H2,19,22)(H,20,23). The smallest absolute Gasteiger partial charge is 0.255 e. The summed E-state index contributed by atoms with van der Waals surface area (Å²) in [6, 6.07) is 10.2. The second-order valence-electron chi connectivity index (χ2n) is 6.10. The zero-order valence-corrected chi connectivity index (χ0v) is 15.6. The van der Waals surface area contributed by atoms with Gasteiger partial charge in [-0.25, -0.2) is 13.1 Å². The number of sulfonamides is 1. The van der Waals surface area contributed by atoms with Crippen molar-refractivity contribution in [2.75, 3.05) is 5.32 Å². The van der Waals surface area contributed by atoms with Crippen LogP contribution in [0.1, 0.15) is 40.1 Å². The van der Waals surface area contributed by atoms with Crippen molar-refractivity contribution in [3.63, 3.8) is 0 Å². The van der Waals surface area contributed by atoms with Crippen LogP contribution >= 0.6 is 0 Å². The van der Waals surface area contributed by atoms with Gasteiger partial charge in [0.2, 0.25) is 15.9 Å². The van der Waals surface area contributed by atoms with Gasteiger partial charge in [-0.3, -0.25) is 9.59 Å². The first-order valence-corrected chi connectivity index (χ1v) is 9.43. The zero-order chi connectivity index (χ0) is 19.5. The molecule has 0 atom stereocenters. The van der Waals surface area contributed by atoms with Crippen LogP contribution in [0.4, 0.5) is 5.69 Å². The maximum atomic E-state index is 12.4. The molecule has 138 valence electrons. The summed E-state index contributed by atoms with van der Waals surface area (Å²) in [4.78, 5) is 23.9. The number of rotatable bonds is 6. The van der Waals surface area contributed by atoms with Gasteiger partial charge in [0.25, 0.3) is 5.91 Å². The van der Waals surface area contributed by atoms with Crippen molar-refractivity contribution in [2.24, 2.45) is 5.73 Å². The number of hydrogen-bond donors (Lipinski definition) is 3. The highest BCUT2D eigenvalue weighted by atomic mass is 32.2. The number of carbonyl (C=O) groups is 2. The third-order valence-electron chi connectivity index (χ3n) is 3.67. The molecular formula is C18H21N3O4S. The van der Waals surface area contributed by atoms with Gasteiger partial charge in [0.1, 0.15) is 0 Å². The Morgan fingerprint density at radius 3 is 2.19 bits per heavy atom. The largest absolute Gasteiger partial charge is 0.366 e. The van der Waals surface area contributed by atoms with Crippen LogP contribution in [0.25, 0.3) is 0 Å². The molecule has 2 aromatic rings. The van der Waals surface area contributed by atoms with Crippen LogP contribution in [0.3, 0.4) is 0 Å². The fourth-order valence-corrected chi connectivity index (χ4v) is 3.65. The van der Waals surface area contributed by atoms with Crippen LogP contribution < -0.4 is 15.8 Å². The molecular weight excluding hydrogens is 354 g/mol. The molecule has 2 aromatic carbocycles. The fraction of sp³-hybridized carbons (Fsp3) is 0.222. The summed E-state index contributed by atoms with van der Waals surface area (Å²) < 4.78 is 26.7. The van der Waals surface area contributed by atoms with E-state index >= 15 is 0 Å². The Balaban J connectivity index is 2.22. The van der Waals surface area contributed by atoms with Crippen LogP contribution in [0, 0.1) is 6.92 Å². The van der Waals surface area contributed by atoms with Crippen LogP contribution in [-0.2, 0) is 10.0 Å². The highest BCUT2D eigenvalue weighted by Crippen LogP contribution is 2.20. The summed E-state index contributed by atoms with van der Waals surface area (Å²) in [6.45, 7) is 5.13. The zero-order valence-electron chi connectivity index (χ0n) is 14.7. The Hall–Kier alpha value is -2.71. The lowest BCUT2D eigenvalue weighted by Crippen LogP contribution is -2.30. The number of nitrogens with one attached hydrogen (secondary N) is 2. The predicted molar refractivity (Wildman–Crippen MR) is 99.5 cm³/mol. The molecule has 0 saturated carbocycles. The number of hydrogen-bond acceptors (Lipinski definition) is 4. The van der Waals surface area contributed by atoms with E-state index < -0.39 is 21.8 Å². The Morgan fingerprint density at radius 2 is 1.65 bits per heavy atom. The second-order valence-corrected chi connectivity index (χ2v) is 7.81. The molecule has 0 unspecified atom stereocenters. The lowest BCUT2D eigenvalue weighted by atomic mass is 10.1. The highest BCUT2D eigenvalue weighted by Gasteiger charge is 2.17. The molecule has 0 aliphatic rings. The van der Waals surface area contributed by atoms with E-state index in [1.165, 1.54) is 24.3 Å². The van der Waals surface area contributed by atoms with Gasteiger partial charge in [-0.15, -0.1) is 0 Å². The normalized spacial score (nSPS) is 11.4. The molecule has 0 fully saturated rings. The van der Waals surface area contributed by atoms with Gasteiger partial charge in [-0.05, 0) is 62.7 Å². The van der Waals surface area contributed by atoms with Gasteiger partial charge < -0.3 is 11.1 Å². The van der Waals surface area contributed by atoms with E-state index in [-0.39, 0.29) is 16.5 Å². The van der Waals surface area contributed by atoms with E-state index in [1.807, 2.05) is 0 Å². The van der Waals surface area contributed by atoms with E-state index in [9.17, 15) is 18.0 Å². The topological polar surface area (TPSA) is 118 Å². The first-order valence-electron chi connectivity index (χ1n) is 7.95. The number of primary amides is 1. The summed E-state index contributed by atoms with van der Waals surface area (Å²) in [7, 11) is -3.62. The number of carbonyl (C=O) groups excluding carboxylic acids is 2. The lowest BCUT2D eigenvalue weighted by molar-refractivity contribution is 0.0995. The molecule has 0 radical (unpaired) electrons. The molecule has 8 heteroatoms. The van der Waals surface area contributed by atoms with Crippen molar-refractivity contribution in [2.45, 2.75) is 31.7 Å². The van der Waals surface area contributed by atoms with Gasteiger partial charge in [0.05, 0.1) is 4.90 Å². The van der Waals surface area contributed by atoms with Gasteiger partial charge >= 0.3 is 0 Å². The van der Waals surface area contributed by atoms with Crippen LogP contribution in [0.2, 0.25) is 0 Å². The van der Waals surface area contributed by atoms with Crippen LogP contribution in [0.15, 0.2) is 47.4 Å². The van der Waals surface area contributed by atoms with Crippen LogP contribution in [-0.4, -0.2) is 26.3 Å². The van der Waals surface area contributed by atoms with E-state index in [4.69, 9.17) is 5.73 Å². The maximum Gasteiger partial charge on any atom is 0.255 e. The minimum Gasteiger partial charge on any atom is -0.366 e. The Bertz CT molecular complexity index is 935. The van der Waals surface area contributed by atoms with Crippen molar-refractivity contribution < 1.29 is 18.0 Å². The minimum atomic E-state index is -3.62. The summed E-state index contributed by atoms with van der Waals surface area (Å²) >= 11 is 0. The molecule has 2 amide bonds. The Kier molecular flexibility index (Phi) is 5.79. The number of amides is 2. The summed E-state index contributed by atoms with van der Waals surface area (Å²) in [5.74, 6) is -0.999. The lowest BCUT2D eigenvalue weighted by Gasteiger charge is -2.12. The monoisotopic (exact) mass is 375 g/mol. The molecule has 26 heavy (non-hydrogen) atoms. The molecule has 4 N–H and O–H groups in total. The first-order chi connectivity index (χ1) is 12.1. The van der Waals surface area contributed by atoms with Gasteiger partial charge in [0, 0.05) is 22.9 Å². The molecule has 0 heterocycles. The fourth-order valence-electron chi connectivity index (χ4n) is 2.40. The van der Waals surface area contributed by atoms with Crippen molar-refractivity contribution in [3.8, 4) is 0 Å². The highest BCUT2D eigenvalue weighted by molar-refractivity contribution is 7.89. The SMILES string of the molecule is Cc1c(NC(=O)c2ccc(S(=O)(=O)NC(C)C)cc2)cccc1C(N)=O. The Labute approximate surface area is 152 Å². The number of benzene rings is 2. The van der Waals surface area contributed by atoms with E-state index in [2.05, 4.69) is 10.0 Å². The maximum absolute atomic E-state index is 12.4. The van der Waals surface area contributed by atoms with E-state index in [0.717, 1.165) is 0 Å². The summed E-state index contributed by atoms with van der Waals surface area (Å²) in [5.41, 5.74) is 6.94. The minimum absolute atomic E-state index is 0.0784. The Morgan fingerprint density at radius 1 is 1.04 bits per heavy atom. The van der Waals surface area contributed by atoms with Crippen LogP contribution in [0.5, 0.6) is 0 Å². The van der Waals surface area contributed by atoms with Crippen molar-refractivity contribution >= 4 is 27.5 Å². The van der Waals surface area contributed by atoms with Gasteiger partial charge in [-0.2, -0.15) is 0 Å². The first kappa shape index (κ1) is 19.6. The average Bonchev–Trinajstić information content (AvgIpc) is 2.55. The molecule has 0 saturated heterocycles. The van der Waals surface area contributed by atoms with Crippen molar-refractivity contribution in [3.05, 3.63) is 59.2 Å². The number of anilines is 1. The molecule has 0 bridgehead atoms. The molecule has 2 rings (SSSR count). The average molecular weight is 375 g/mol. The summed E-state index contributed by atoms with van der Waals surface area (Å²) in [6.07, 6.45) is 0. The molecule has 0 aliphatic carbocycles. The molecule has 0 spiro atoms. The quantitative estimate of drug-likeness (QED) is 0.716. The molecule has 0 aliphatic heterocycles. The molecule has 0 aromatic heterocycles. The van der Waals surface area contributed by atoms with Crippen molar-refractivity contribution in [1.29, 1.82) is 0 Å².